The molecule has 0 amide bonds. The van der Waals surface area contributed by atoms with Crippen LogP contribution in [0.25, 0.3) is 22.2 Å². The van der Waals surface area contributed by atoms with Gasteiger partial charge < -0.3 is 4.42 Å². The highest BCUT2D eigenvalue weighted by Crippen LogP contribution is 2.45. The van der Waals surface area contributed by atoms with Gasteiger partial charge in [-0.25, -0.2) is 12.8 Å². The highest BCUT2D eigenvalue weighted by atomic mass is 32.2. The topological polar surface area (TPSA) is 63.4 Å². The fraction of sp³-hybridized carbons (Fsp3) is 0.458. The Morgan fingerprint density at radius 2 is 1.79 bits per heavy atom. The van der Waals surface area contributed by atoms with Crippen molar-refractivity contribution in [3.05, 3.63) is 48.1 Å². The van der Waals surface area contributed by atoms with Crippen molar-refractivity contribution in [2.24, 2.45) is 5.92 Å². The van der Waals surface area contributed by atoms with E-state index >= 15 is 0 Å². The minimum absolute atomic E-state index is 0.00553. The van der Waals surface area contributed by atoms with Gasteiger partial charge in [0.25, 0.3) is 0 Å². The molecule has 2 aliphatic rings. The molecule has 1 aromatic carbocycles. The molecule has 1 aliphatic carbocycles. The van der Waals surface area contributed by atoms with Gasteiger partial charge in [-0.2, -0.15) is 13.2 Å². The highest BCUT2D eigenvalue weighted by molar-refractivity contribution is 7.90. The Hall–Kier alpha value is -2.46. The molecule has 1 unspecified atom stereocenters. The predicted molar refractivity (Wildman–Crippen MR) is 119 cm³/mol. The minimum Gasteiger partial charge on any atom is -0.459 e. The number of piperidine rings is 1. The number of halogens is 4. The van der Waals surface area contributed by atoms with E-state index in [4.69, 9.17) is 4.42 Å². The fourth-order valence-electron chi connectivity index (χ4n) is 4.90. The summed E-state index contributed by atoms with van der Waals surface area (Å²) in [6.07, 6.45) is 0.714. The maximum Gasteiger partial charge on any atom is 0.404 e. The number of sulfone groups is 1. The van der Waals surface area contributed by atoms with Gasteiger partial charge >= 0.3 is 6.18 Å². The molecule has 3 heterocycles. The molecule has 3 aromatic rings. The van der Waals surface area contributed by atoms with E-state index in [-0.39, 0.29) is 22.3 Å². The number of rotatable bonds is 5. The monoisotopic (exact) mass is 496 g/mol. The molecule has 34 heavy (non-hydrogen) atoms. The lowest BCUT2D eigenvalue weighted by Crippen LogP contribution is -2.50. The van der Waals surface area contributed by atoms with E-state index in [0.29, 0.717) is 61.2 Å². The standard InChI is InChI=1S/C24H24F4N2O3S/c1-34(31,32)17-4-5-18(19(25)12-17)20-10-16-11-21(33-22(16)13-29-20)14-6-8-30(9-7-14)23(15-2-3-15)24(26,27)28/h4-5,10-15,23H,2-3,6-9H2,1H3. The predicted octanol–water partition coefficient (Wildman–Crippen LogP) is 5.56. The molecule has 2 fully saturated rings. The van der Waals surface area contributed by atoms with Crippen LogP contribution in [0.1, 0.15) is 37.4 Å². The Balaban J connectivity index is 1.34. The first-order valence-corrected chi connectivity index (χ1v) is 13.1. The number of likely N-dealkylation sites (tertiary alicyclic amines) is 1. The van der Waals surface area contributed by atoms with E-state index < -0.39 is 27.9 Å². The zero-order valence-corrected chi connectivity index (χ0v) is 19.3. The van der Waals surface area contributed by atoms with Gasteiger partial charge in [0.2, 0.25) is 0 Å². The quantitative estimate of drug-likeness (QED) is 0.433. The number of aromatic nitrogens is 1. The van der Waals surface area contributed by atoms with Crippen LogP contribution in [0.3, 0.4) is 0 Å². The van der Waals surface area contributed by atoms with Crippen LogP contribution in [0, 0.1) is 11.7 Å². The summed E-state index contributed by atoms with van der Waals surface area (Å²) < 4.78 is 84.4. The highest BCUT2D eigenvalue weighted by Gasteiger charge is 2.52. The molecule has 1 saturated heterocycles. The molecule has 1 atom stereocenters. The van der Waals surface area contributed by atoms with Gasteiger partial charge in [0, 0.05) is 23.1 Å². The van der Waals surface area contributed by atoms with Crippen molar-refractivity contribution in [2.75, 3.05) is 19.3 Å². The van der Waals surface area contributed by atoms with Crippen LogP contribution in [-0.4, -0.2) is 49.9 Å². The van der Waals surface area contributed by atoms with Crippen LogP contribution >= 0.6 is 0 Å². The van der Waals surface area contributed by atoms with Crippen molar-refractivity contribution in [1.29, 1.82) is 0 Å². The number of furan rings is 1. The number of pyridine rings is 1. The third-order valence-electron chi connectivity index (χ3n) is 6.80. The van der Waals surface area contributed by atoms with E-state index in [2.05, 4.69) is 4.98 Å². The zero-order chi connectivity index (χ0) is 24.3. The average molecular weight is 497 g/mol. The third kappa shape index (κ3) is 4.57. The first kappa shape index (κ1) is 23.3. The summed E-state index contributed by atoms with van der Waals surface area (Å²) in [6, 6.07) is 5.85. The Morgan fingerprint density at radius 1 is 1.09 bits per heavy atom. The summed E-state index contributed by atoms with van der Waals surface area (Å²) >= 11 is 0. The molecule has 0 spiro atoms. The van der Waals surface area contributed by atoms with Crippen LogP contribution in [0.5, 0.6) is 0 Å². The molecule has 1 aliphatic heterocycles. The molecule has 5 rings (SSSR count). The van der Waals surface area contributed by atoms with Gasteiger partial charge in [0.15, 0.2) is 15.4 Å². The van der Waals surface area contributed by atoms with Crippen LogP contribution in [0.2, 0.25) is 0 Å². The molecule has 2 aromatic heterocycles. The molecule has 0 N–H and O–H groups in total. The largest absolute Gasteiger partial charge is 0.459 e. The van der Waals surface area contributed by atoms with Gasteiger partial charge in [-0.1, -0.05) is 0 Å². The summed E-state index contributed by atoms with van der Waals surface area (Å²) in [5.41, 5.74) is 1.02. The van der Waals surface area contributed by atoms with E-state index in [1.165, 1.54) is 18.3 Å². The van der Waals surface area contributed by atoms with E-state index in [0.717, 1.165) is 12.3 Å². The summed E-state index contributed by atoms with van der Waals surface area (Å²) in [5.74, 6) is -0.276. The second kappa shape index (κ2) is 8.34. The second-order valence-electron chi connectivity index (χ2n) is 9.30. The summed E-state index contributed by atoms with van der Waals surface area (Å²) in [6.45, 7) is 0.730. The average Bonchev–Trinajstić information content (AvgIpc) is 3.49. The Bertz CT molecular complexity index is 1320. The van der Waals surface area contributed by atoms with Crippen LogP contribution in [-0.2, 0) is 9.84 Å². The van der Waals surface area contributed by atoms with Crippen molar-refractivity contribution in [1.82, 2.24) is 9.88 Å². The molecule has 0 radical (unpaired) electrons. The van der Waals surface area contributed by atoms with E-state index in [9.17, 15) is 26.0 Å². The van der Waals surface area contributed by atoms with Gasteiger partial charge in [-0.05, 0) is 75.0 Å². The fourth-order valence-corrected chi connectivity index (χ4v) is 5.53. The van der Waals surface area contributed by atoms with E-state index in [1.807, 2.05) is 6.07 Å². The van der Waals surface area contributed by atoms with Crippen LogP contribution in [0.4, 0.5) is 17.6 Å². The molecular weight excluding hydrogens is 472 g/mol. The number of alkyl halides is 3. The lowest BCUT2D eigenvalue weighted by Gasteiger charge is -2.38. The van der Waals surface area contributed by atoms with Crippen molar-refractivity contribution in [3.63, 3.8) is 0 Å². The van der Waals surface area contributed by atoms with Crippen molar-refractivity contribution in [2.45, 2.75) is 48.7 Å². The summed E-state index contributed by atoms with van der Waals surface area (Å²) in [7, 11) is -3.53. The first-order valence-electron chi connectivity index (χ1n) is 11.2. The number of benzene rings is 1. The Kier molecular flexibility index (Phi) is 5.71. The maximum absolute atomic E-state index is 14.6. The Morgan fingerprint density at radius 3 is 2.38 bits per heavy atom. The summed E-state index contributed by atoms with van der Waals surface area (Å²) in [4.78, 5) is 5.72. The Labute approximate surface area is 194 Å². The van der Waals surface area contributed by atoms with Gasteiger partial charge in [0.1, 0.15) is 17.6 Å². The molecule has 0 bridgehead atoms. The normalized spacial score (nSPS) is 19.6. The zero-order valence-electron chi connectivity index (χ0n) is 18.5. The SMILES string of the molecule is CS(=O)(=O)c1ccc(-c2cc3cc(C4CCN(C(C5CC5)C(F)(F)F)CC4)oc3cn2)c(F)c1. The third-order valence-corrected chi connectivity index (χ3v) is 7.91. The van der Waals surface area contributed by atoms with Crippen molar-refractivity contribution >= 4 is 20.8 Å². The first-order chi connectivity index (χ1) is 16.0. The van der Waals surface area contributed by atoms with Crippen LogP contribution < -0.4 is 0 Å². The molecule has 5 nitrogen and oxygen atoms in total. The van der Waals surface area contributed by atoms with E-state index in [1.54, 1.807) is 11.0 Å². The molecule has 1 saturated carbocycles. The lowest BCUT2D eigenvalue weighted by molar-refractivity contribution is -0.192. The van der Waals surface area contributed by atoms with Crippen molar-refractivity contribution in [3.8, 4) is 11.3 Å². The lowest BCUT2D eigenvalue weighted by atomic mass is 9.92. The number of hydrogen-bond donors (Lipinski definition) is 0. The van der Waals surface area contributed by atoms with Crippen molar-refractivity contribution < 1.29 is 30.4 Å². The number of fused-ring (bicyclic) bond motifs is 1. The number of nitrogens with zero attached hydrogens (tertiary/aromatic N) is 2. The molecule has 182 valence electrons. The van der Waals surface area contributed by atoms with Gasteiger partial charge in [0.05, 0.1) is 16.8 Å². The minimum atomic E-state index is -4.20. The summed E-state index contributed by atoms with van der Waals surface area (Å²) in [5, 5.41) is 0.708. The van der Waals surface area contributed by atoms with Crippen LogP contribution in [0.15, 0.2) is 45.8 Å². The second-order valence-corrected chi connectivity index (χ2v) is 11.3. The molecule has 10 heteroatoms. The van der Waals surface area contributed by atoms with Gasteiger partial charge in [-0.15, -0.1) is 0 Å². The number of hydrogen-bond acceptors (Lipinski definition) is 5. The van der Waals surface area contributed by atoms with Gasteiger partial charge in [-0.3, -0.25) is 9.88 Å². The molecular formula is C24H24F4N2O3S. The smallest absolute Gasteiger partial charge is 0.404 e. The maximum atomic E-state index is 14.6.